The van der Waals surface area contributed by atoms with Crippen molar-refractivity contribution in [2.45, 2.75) is 44.6 Å². The van der Waals surface area contributed by atoms with Crippen molar-refractivity contribution in [3.63, 3.8) is 0 Å². The Kier molecular flexibility index (Phi) is 3.15. The molecule has 1 aromatic rings. The van der Waals surface area contributed by atoms with Gasteiger partial charge in [0.15, 0.2) is 0 Å². The van der Waals surface area contributed by atoms with Crippen LogP contribution in [0, 0.1) is 11.7 Å². The van der Waals surface area contributed by atoms with Gasteiger partial charge in [-0.2, -0.15) is 0 Å². The Balaban J connectivity index is 2.03. The zero-order valence-electron chi connectivity index (χ0n) is 11.7. The zero-order chi connectivity index (χ0) is 14.3. The van der Waals surface area contributed by atoms with Crippen LogP contribution >= 0.6 is 0 Å². The van der Waals surface area contributed by atoms with Gasteiger partial charge < -0.3 is 4.74 Å². The van der Waals surface area contributed by atoms with Crippen LogP contribution < -0.4 is 0 Å². The molecule has 3 heteroatoms. The molecule has 1 fully saturated rings. The first kappa shape index (κ1) is 13.3. The Bertz CT molecular complexity index is 574. The molecule has 0 heterocycles. The molecule has 0 spiro atoms. The predicted octanol–water partition coefficient (Wildman–Crippen LogP) is 3.89. The van der Waals surface area contributed by atoms with Gasteiger partial charge in [0.1, 0.15) is 11.4 Å². The number of fused-ring (bicyclic) bond motifs is 1. The first-order valence-corrected chi connectivity index (χ1v) is 7.21. The van der Waals surface area contributed by atoms with Gasteiger partial charge in [-0.1, -0.05) is 25.1 Å². The molecule has 106 valence electrons. The average Bonchev–Trinajstić information content (AvgIpc) is 2.68. The Morgan fingerprint density at radius 2 is 2.20 bits per heavy atom. The van der Waals surface area contributed by atoms with Gasteiger partial charge in [-0.05, 0) is 44.2 Å². The number of carbonyl (C=O) groups is 1. The number of hydrogen-bond acceptors (Lipinski definition) is 2. The summed E-state index contributed by atoms with van der Waals surface area (Å²) in [6.07, 6.45) is 4.56. The normalized spacial score (nSPS) is 24.9. The third-order valence-corrected chi connectivity index (χ3v) is 4.71. The molecular formula is C17H19FO2. The van der Waals surface area contributed by atoms with E-state index in [1.165, 1.54) is 6.07 Å². The minimum Gasteiger partial charge on any atom is -0.451 e. The largest absolute Gasteiger partial charge is 0.451 e. The summed E-state index contributed by atoms with van der Waals surface area (Å²) in [5, 5.41) is 0. The Labute approximate surface area is 118 Å². The molecule has 1 saturated carbocycles. The van der Waals surface area contributed by atoms with E-state index in [0.29, 0.717) is 29.9 Å². The second-order valence-corrected chi connectivity index (χ2v) is 5.95. The molecule has 0 radical (unpaired) electrons. The summed E-state index contributed by atoms with van der Waals surface area (Å²) in [6.45, 7) is 5.31. The zero-order valence-corrected chi connectivity index (χ0v) is 11.7. The average molecular weight is 274 g/mol. The van der Waals surface area contributed by atoms with Crippen molar-refractivity contribution in [2.24, 2.45) is 5.92 Å². The number of rotatable bonds is 3. The summed E-state index contributed by atoms with van der Waals surface area (Å²) in [6, 6.07) is 5.10. The van der Waals surface area contributed by atoms with E-state index < -0.39 is 5.60 Å². The molecule has 1 unspecified atom stereocenters. The summed E-state index contributed by atoms with van der Waals surface area (Å²) in [5.74, 6) is -0.238. The second-order valence-electron chi connectivity index (χ2n) is 5.95. The van der Waals surface area contributed by atoms with Crippen LogP contribution in [-0.2, 0) is 21.6 Å². The van der Waals surface area contributed by atoms with E-state index in [1.54, 1.807) is 13.0 Å². The molecule has 0 N–H and O–H groups in total. The molecule has 2 aliphatic rings. The lowest BCUT2D eigenvalue weighted by Gasteiger charge is -2.43. The fourth-order valence-electron chi connectivity index (χ4n) is 3.40. The number of ether oxygens (including phenoxy) is 1. The smallest absolute Gasteiger partial charge is 0.334 e. The number of esters is 1. The lowest BCUT2D eigenvalue weighted by Crippen LogP contribution is -2.41. The molecule has 1 atom stereocenters. The van der Waals surface area contributed by atoms with Crippen LogP contribution in [0.4, 0.5) is 4.39 Å². The predicted molar refractivity (Wildman–Crippen MR) is 74.6 cm³/mol. The Morgan fingerprint density at radius 3 is 2.80 bits per heavy atom. The molecule has 2 aliphatic carbocycles. The van der Waals surface area contributed by atoms with E-state index in [-0.39, 0.29) is 11.8 Å². The maximum absolute atomic E-state index is 14.0. The van der Waals surface area contributed by atoms with Crippen molar-refractivity contribution < 1.29 is 13.9 Å². The highest BCUT2D eigenvalue weighted by Gasteiger charge is 2.51. The van der Waals surface area contributed by atoms with Crippen LogP contribution in [0.2, 0.25) is 0 Å². The van der Waals surface area contributed by atoms with Crippen LogP contribution in [0.1, 0.15) is 43.7 Å². The van der Waals surface area contributed by atoms with E-state index in [4.69, 9.17) is 4.74 Å². The van der Waals surface area contributed by atoms with Crippen LogP contribution in [0.25, 0.3) is 0 Å². The van der Waals surface area contributed by atoms with E-state index >= 15 is 0 Å². The highest BCUT2D eigenvalue weighted by atomic mass is 19.1. The van der Waals surface area contributed by atoms with Crippen molar-refractivity contribution in [2.75, 3.05) is 0 Å². The van der Waals surface area contributed by atoms with Crippen LogP contribution in [-0.4, -0.2) is 5.97 Å². The van der Waals surface area contributed by atoms with Crippen molar-refractivity contribution >= 4 is 5.97 Å². The molecule has 0 bridgehead atoms. The Morgan fingerprint density at radius 1 is 1.45 bits per heavy atom. The fourth-order valence-corrected chi connectivity index (χ4v) is 3.40. The Hall–Kier alpha value is -1.64. The van der Waals surface area contributed by atoms with Gasteiger partial charge in [-0.15, -0.1) is 0 Å². The van der Waals surface area contributed by atoms with Gasteiger partial charge in [0.2, 0.25) is 0 Å². The molecule has 1 aromatic carbocycles. The van der Waals surface area contributed by atoms with Gasteiger partial charge in [-0.25, -0.2) is 9.18 Å². The highest BCUT2D eigenvalue weighted by Crippen LogP contribution is 2.52. The van der Waals surface area contributed by atoms with Crippen LogP contribution in [0.5, 0.6) is 0 Å². The quantitative estimate of drug-likeness (QED) is 0.617. The number of carbonyl (C=O) groups excluding carboxylic acids is 1. The fraction of sp³-hybridized carbons (Fsp3) is 0.471. The lowest BCUT2D eigenvalue weighted by molar-refractivity contribution is -0.168. The SMILES string of the molecule is C=C(C)C(=O)OC1(C2CCC2)CCc2c(F)cccc21. The lowest BCUT2D eigenvalue weighted by atomic mass is 9.70. The van der Waals surface area contributed by atoms with Gasteiger partial charge in [0.05, 0.1) is 0 Å². The summed E-state index contributed by atoms with van der Waals surface area (Å²) in [7, 11) is 0. The summed E-state index contributed by atoms with van der Waals surface area (Å²) < 4.78 is 19.8. The van der Waals surface area contributed by atoms with E-state index in [1.807, 2.05) is 6.07 Å². The first-order chi connectivity index (χ1) is 9.54. The van der Waals surface area contributed by atoms with E-state index in [2.05, 4.69) is 6.58 Å². The highest BCUT2D eigenvalue weighted by molar-refractivity contribution is 5.87. The second kappa shape index (κ2) is 4.72. The molecule has 0 aliphatic heterocycles. The summed E-state index contributed by atoms with van der Waals surface area (Å²) in [4.78, 5) is 12.0. The third kappa shape index (κ3) is 1.88. The van der Waals surface area contributed by atoms with E-state index in [0.717, 1.165) is 24.8 Å². The molecule has 2 nitrogen and oxygen atoms in total. The van der Waals surface area contributed by atoms with Gasteiger partial charge in [0.25, 0.3) is 0 Å². The summed E-state index contributed by atoms with van der Waals surface area (Å²) >= 11 is 0. The van der Waals surface area contributed by atoms with Crippen molar-refractivity contribution in [1.29, 1.82) is 0 Å². The maximum atomic E-state index is 14.0. The van der Waals surface area contributed by atoms with Gasteiger partial charge >= 0.3 is 5.97 Å². The number of hydrogen-bond donors (Lipinski definition) is 0. The monoisotopic (exact) mass is 274 g/mol. The standard InChI is InChI=1S/C17H19FO2/c1-11(2)16(19)20-17(12-5-3-6-12)10-9-13-14(17)7-4-8-15(13)18/h4,7-8,12H,1,3,5-6,9-10H2,2H3. The molecule has 3 rings (SSSR count). The van der Waals surface area contributed by atoms with Crippen molar-refractivity contribution in [3.05, 3.63) is 47.3 Å². The molecule has 0 aromatic heterocycles. The van der Waals surface area contributed by atoms with Crippen molar-refractivity contribution in [1.82, 2.24) is 0 Å². The minimum atomic E-state index is -0.633. The van der Waals surface area contributed by atoms with Gasteiger partial charge in [-0.3, -0.25) is 0 Å². The maximum Gasteiger partial charge on any atom is 0.334 e. The van der Waals surface area contributed by atoms with E-state index in [9.17, 15) is 9.18 Å². The molecule has 0 amide bonds. The van der Waals surface area contributed by atoms with Crippen LogP contribution in [0.15, 0.2) is 30.4 Å². The first-order valence-electron chi connectivity index (χ1n) is 7.21. The van der Waals surface area contributed by atoms with Crippen LogP contribution in [0.3, 0.4) is 0 Å². The van der Waals surface area contributed by atoms with Crippen molar-refractivity contribution in [3.8, 4) is 0 Å². The topological polar surface area (TPSA) is 26.3 Å². The van der Waals surface area contributed by atoms with Gasteiger partial charge in [0, 0.05) is 17.1 Å². The number of benzene rings is 1. The summed E-state index contributed by atoms with van der Waals surface area (Å²) in [5.41, 5.74) is 1.35. The molecule has 0 saturated heterocycles. The minimum absolute atomic E-state index is 0.185. The molecular weight excluding hydrogens is 255 g/mol. The third-order valence-electron chi connectivity index (χ3n) is 4.71. The number of halogens is 1. The molecule has 20 heavy (non-hydrogen) atoms.